The normalized spacial score (nSPS) is 20.8. The van der Waals surface area contributed by atoms with Gasteiger partial charge >= 0.3 is 0 Å². The minimum absolute atomic E-state index is 0.511. The van der Waals surface area contributed by atoms with Crippen LogP contribution in [0.1, 0.15) is 18.9 Å². The summed E-state index contributed by atoms with van der Waals surface area (Å²) in [6.45, 7) is 8.16. The lowest BCUT2D eigenvalue weighted by Gasteiger charge is -2.35. The Balaban J connectivity index is 1.78. The molecule has 0 aromatic carbocycles. The molecule has 19 heavy (non-hydrogen) atoms. The Morgan fingerprint density at radius 2 is 2.42 bits per heavy atom. The van der Waals surface area contributed by atoms with Gasteiger partial charge in [0.2, 0.25) is 0 Å². The quantitative estimate of drug-likeness (QED) is 0.736. The molecule has 108 valence electrons. The number of aromatic nitrogens is 2. The third-order valence-corrected chi connectivity index (χ3v) is 3.60. The van der Waals surface area contributed by atoms with Crippen molar-refractivity contribution in [3.05, 3.63) is 18.0 Å². The molecule has 1 aromatic heterocycles. The number of ether oxygens (including phenoxy) is 1. The van der Waals surface area contributed by atoms with E-state index in [1.807, 2.05) is 17.9 Å². The summed E-state index contributed by atoms with van der Waals surface area (Å²) in [4.78, 5) is 2.54. The van der Waals surface area contributed by atoms with E-state index in [0.29, 0.717) is 6.04 Å². The van der Waals surface area contributed by atoms with Gasteiger partial charge < -0.3 is 10.1 Å². The SMILES string of the molecule is CCCNCC1COCCN1CCc1cnn(C)c1. The molecule has 0 spiro atoms. The Kier molecular flexibility index (Phi) is 5.82. The van der Waals surface area contributed by atoms with E-state index in [1.165, 1.54) is 12.0 Å². The summed E-state index contributed by atoms with van der Waals surface area (Å²) in [5.74, 6) is 0. The van der Waals surface area contributed by atoms with E-state index < -0.39 is 0 Å². The molecular weight excluding hydrogens is 240 g/mol. The fourth-order valence-electron chi connectivity index (χ4n) is 2.49. The van der Waals surface area contributed by atoms with Crippen LogP contribution < -0.4 is 5.32 Å². The molecule has 1 N–H and O–H groups in total. The minimum atomic E-state index is 0.511. The van der Waals surface area contributed by atoms with Crippen LogP contribution in [0.4, 0.5) is 0 Å². The molecule has 1 aliphatic rings. The number of aryl methyl sites for hydroxylation is 1. The molecule has 1 aromatic rings. The van der Waals surface area contributed by atoms with Crippen LogP contribution in [-0.4, -0.2) is 60.1 Å². The maximum absolute atomic E-state index is 5.60. The smallest absolute Gasteiger partial charge is 0.0634 e. The Hall–Kier alpha value is -0.910. The average Bonchev–Trinajstić information content (AvgIpc) is 2.84. The second kappa shape index (κ2) is 7.62. The summed E-state index contributed by atoms with van der Waals surface area (Å²) >= 11 is 0. The first-order chi connectivity index (χ1) is 9.29. The lowest BCUT2D eigenvalue weighted by molar-refractivity contribution is -0.00610. The first-order valence-corrected chi connectivity index (χ1v) is 7.29. The number of nitrogens with one attached hydrogen (secondary N) is 1. The average molecular weight is 266 g/mol. The van der Waals surface area contributed by atoms with Crippen LogP contribution in [0.5, 0.6) is 0 Å². The van der Waals surface area contributed by atoms with E-state index >= 15 is 0 Å². The van der Waals surface area contributed by atoms with Gasteiger partial charge in [0.05, 0.1) is 19.4 Å². The van der Waals surface area contributed by atoms with Crippen LogP contribution in [0, 0.1) is 0 Å². The fourth-order valence-corrected chi connectivity index (χ4v) is 2.49. The van der Waals surface area contributed by atoms with Gasteiger partial charge in [0, 0.05) is 38.9 Å². The molecule has 2 rings (SSSR count). The van der Waals surface area contributed by atoms with Crippen LogP contribution in [0.2, 0.25) is 0 Å². The molecule has 1 aliphatic heterocycles. The van der Waals surface area contributed by atoms with E-state index in [1.54, 1.807) is 0 Å². The molecule has 5 nitrogen and oxygen atoms in total. The minimum Gasteiger partial charge on any atom is -0.378 e. The number of rotatable bonds is 7. The monoisotopic (exact) mass is 266 g/mol. The van der Waals surface area contributed by atoms with Crippen molar-refractivity contribution in [1.29, 1.82) is 0 Å². The van der Waals surface area contributed by atoms with Crippen molar-refractivity contribution in [1.82, 2.24) is 20.0 Å². The van der Waals surface area contributed by atoms with Crippen molar-refractivity contribution in [2.24, 2.45) is 7.05 Å². The van der Waals surface area contributed by atoms with Gasteiger partial charge in [-0.3, -0.25) is 9.58 Å². The predicted octanol–water partition coefficient (Wildman–Crippen LogP) is 0.663. The Labute approximate surface area is 115 Å². The molecule has 0 amide bonds. The molecule has 0 bridgehead atoms. The lowest BCUT2D eigenvalue weighted by atomic mass is 10.1. The summed E-state index contributed by atoms with van der Waals surface area (Å²) in [6, 6.07) is 0.511. The second-order valence-corrected chi connectivity index (χ2v) is 5.24. The van der Waals surface area contributed by atoms with E-state index in [0.717, 1.165) is 45.8 Å². The molecule has 1 atom stereocenters. The van der Waals surface area contributed by atoms with E-state index in [2.05, 4.69) is 28.4 Å². The molecule has 1 unspecified atom stereocenters. The van der Waals surface area contributed by atoms with Crippen LogP contribution in [0.25, 0.3) is 0 Å². The standard InChI is InChI=1S/C14H26N4O/c1-3-5-15-10-14-12-19-8-7-18(14)6-4-13-9-16-17(2)11-13/h9,11,14-15H,3-8,10,12H2,1-2H3. The van der Waals surface area contributed by atoms with Gasteiger partial charge in [-0.15, -0.1) is 0 Å². The zero-order chi connectivity index (χ0) is 13.5. The molecule has 0 aliphatic carbocycles. The van der Waals surface area contributed by atoms with Gasteiger partial charge in [-0.1, -0.05) is 6.92 Å². The fraction of sp³-hybridized carbons (Fsp3) is 0.786. The van der Waals surface area contributed by atoms with E-state index in [4.69, 9.17) is 4.74 Å². The van der Waals surface area contributed by atoms with Gasteiger partial charge in [0.25, 0.3) is 0 Å². The summed E-state index contributed by atoms with van der Waals surface area (Å²) in [7, 11) is 1.97. The molecule has 1 fully saturated rings. The zero-order valence-electron chi connectivity index (χ0n) is 12.1. The molecule has 0 saturated carbocycles. The Morgan fingerprint density at radius 3 is 3.16 bits per heavy atom. The van der Waals surface area contributed by atoms with E-state index in [9.17, 15) is 0 Å². The van der Waals surface area contributed by atoms with Gasteiger partial charge in [0.1, 0.15) is 0 Å². The second-order valence-electron chi connectivity index (χ2n) is 5.24. The molecule has 2 heterocycles. The molecule has 1 saturated heterocycles. The highest BCUT2D eigenvalue weighted by atomic mass is 16.5. The Morgan fingerprint density at radius 1 is 1.53 bits per heavy atom. The highest BCUT2D eigenvalue weighted by molar-refractivity contribution is 5.04. The van der Waals surface area contributed by atoms with Crippen LogP contribution in [0.3, 0.4) is 0 Å². The van der Waals surface area contributed by atoms with Crippen molar-refractivity contribution >= 4 is 0 Å². The lowest BCUT2D eigenvalue weighted by Crippen LogP contribution is -2.51. The number of nitrogens with zero attached hydrogens (tertiary/aromatic N) is 3. The summed E-state index contributed by atoms with van der Waals surface area (Å²) in [6.07, 6.45) is 6.32. The van der Waals surface area contributed by atoms with Gasteiger partial charge in [-0.2, -0.15) is 5.10 Å². The first kappa shape index (κ1) is 14.5. The highest BCUT2D eigenvalue weighted by Gasteiger charge is 2.22. The molecule has 5 heteroatoms. The van der Waals surface area contributed by atoms with Crippen molar-refractivity contribution in [3.8, 4) is 0 Å². The molecular formula is C14H26N4O. The zero-order valence-corrected chi connectivity index (χ0v) is 12.1. The Bertz CT molecular complexity index is 366. The predicted molar refractivity (Wildman–Crippen MR) is 76.3 cm³/mol. The number of hydrogen-bond donors (Lipinski definition) is 1. The summed E-state index contributed by atoms with van der Waals surface area (Å²) in [5.41, 5.74) is 1.31. The third-order valence-electron chi connectivity index (χ3n) is 3.60. The van der Waals surface area contributed by atoms with Gasteiger partial charge in [0.15, 0.2) is 0 Å². The summed E-state index contributed by atoms with van der Waals surface area (Å²) in [5, 5.41) is 7.72. The third kappa shape index (κ3) is 4.60. The van der Waals surface area contributed by atoms with Crippen molar-refractivity contribution < 1.29 is 4.74 Å². The van der Waals surface area contributed by atoms with E-state index in [-0.39, 0.29) is 0 Å². The van der Waals surface area contributed by atoms with Gasteiger partial charge in [-0.25, -0.2) is 0 Å². The number of hydrogen-bond acceptors (Lipinski definition) is 4. The largest absolute Gasteiger partial charge is 0.378 e. The number of morpholine rings is 1. The van der Waals surface area contributed by atoms with Crippen LogP contribution in [0.15, 0.2) is 12.4 Å². The van der Waals surface area contributed by atoms with Crippen molar-refractivity contribution in [2.75, 3.05) is 39.4 Å². The maximum atomic E-state index is 5.60. The topological polar surface area (TPSA) is 42.3 Å². The van der Waals surface area contributed by atoms with Crippen LogP contribution in [-0.2, 0) is 18.2 Å². The first-order valence-electron chi connectivity index (χ1n) is 7.29. The maximum Gasteiger partial charge on any atom is 0.0634 e. The summed E-state index contributed by atoms with van der Waals surface area (Å²) < 4.78 is 7.47. The highest BCUT2D eigenvalue weighted by Crippen LogP contribution is 2.08. The molecule has 0 radical (unpaired) electrons. The van der Waals surface area contributed by atoms with Crippen LogP contribution >= 0.6 is 0 Å². The van der Waals surface area contributed by atoms with Crippen molar-refractivity contribution in [3.63, 3.8) is 0 Å². The van der Waals surface area contributed by atoms with Gasteiger partial charge in [-0.05, 0) is 24.9 Å². The van der Waals surface area contributed by atoms with Crippen molar-refractivity contribution in [2.45, 2.75) is 25.8 Å².